The average Bonchev–Trinajstić information content (AvgIpc) is 4.07. The molecule has 2 saturated carbocycles. The highest BCUT2D eigenvalue weighted by atomic mass is 32.1. The summed E-state index contributed by atoms with van der Waals surface area (Å²) >= 11 is 2.57. The Balaban J connectivity index is 1.07. The Morgan fingerprint density at radius 3 is 1.30 bits per heavy atom. The first-order chi connectivity index (χ1) is 31.9. The number of nitrogens with zero attached hydrogens (tertiary/aromatic N) is 6. The van der Waals surface area contributed by atoms with E-state index in [0.29, 0.717) is 69.7 Å². The molecule has 5 aromatic rings. The number of nitriles is 2. The second-order valence-electron chi connectivity index (χ2n) is 16.9. The summed E-state index contributed by atoms with van der Waals surface area (Å²) in [7, 11) is 0. The van der Waals surface area contributed by atoms with Crippen molar-refractivity contribution in [3.8, 4) is 44.5 Å². The van der Waals surface area contributed by atoms with Crippen molar-refractivity contribution in [3.05, 3.63) is 149 Å². The monoisotopic (exact) mass is 916 g/mol. The van der Waals surface area contributed by atoms with Gasteiger partial charge < -0.3 is 9.47 Å². The van der Waals surface area contributed by atoms with Crippen LogP contribution in [0.1, 0.15) is 117 Å². The zero-order valence-corrected chi connectivity index (χ0v) is 36.0. The molecule has 0 amide bonds. The second-order valence-corrected chi connectivity index (χ2v) is 19.0. The van der Waals surface area contributed by atoms with Crippen molar-refractivity contribution in [2.24, 2.45) is 0 Å². The fourth-order valence-electron chi connectivity index (χ4n) is 10.3. The number of thiazole rings is 2. The number of rotatable bonds is 2. The molecule has 2 spiro atoms. The van der Waals surface area contributed by atoms with Crippen LogP contribution in [0.25, 0.3) is 53.9 Å². The van der Waals surface area contributed by atoms with Gasteiger partial charge in [-0.2, -0.15) is 0 Å². The molecule has 0 bridgehead atoms. The van der Waals surface area contributed by atoms with Crippen LogP contribution in [-0.2, 0) is 11.2 Å². The number of allylic oxidation sites excluding steroid dienone is 6. The van der Waals surface area contributed by atoms with E-state index in [9.17, 15) is 37.7 Å². The summed E-state index contributed by atoms with van der Waals surface area (Å²) in [6.45, 7) is 15.4. The maximum Gasteiger partial charge on any atom is 0.270 e. The van der Waals surface area contributed by atoms with Crippen LogP contribution >= 0.6 is 22.7 Å². The van der Waals surface area contributed by atoms with Gasteiger partial charge in [0.05, 0.1) is 35.0 Å². The van der Waals surface area contributed by atoms with Gasteiger partial charge in [0.15, 0.2) is 46.0 Å². The van der Waals surface area contributed by atoms with E-state index in [0.717, 1.165) is 72.5 Å². The van der Waals surface area contributed by atoms with Crippen molar-refractivity contribution < 1.29 is 36.6 Å². The van der Waals surface area contributed by atoms with Crippen molar-refractivity contribution in [2.45, 2.75) is 75.4 Å². The van der Waals surface area contributed by atoms with Crippen LogP contribution in [0.3, 0.4) is 0 Å². The molecule has 2 aromatic heterocycles. The lowest BCUT2D eigenvalue weighted by Gasteiger charge is -2.43. The van der Waals surface area contributed by atoms with E-state index in [2.05, 4.69) is 9.69 Å². The molecule has 0 N–H and O–H groups in total. The first-order valence-electron chi connectivity index (χ1n) is 21.1. The van der Waals surface area contributed by atoms with E-state index in [1.807, 2.05) is 24.3 Å². The molecule has 2 aliphatic heterocycles. The van der Waals surface area contributed by atoms with Crippen LogP contribution in [0.15, 0.2) is 58.9 Å². The van der Waals surface area contributed by atoms with Gasteiger partial charge in [-0.25, -0.2) is 47.7 Å². The molecule has 0 radical (unpaired) electrons. The van der Waals surface area contributed by atoms with E-state index in [1.54, 1.807) is 0 Å². The van der Waals surface area contributed by atoms with Crippen molar-refractivity contribution in [1.29, 1.82) is 10.5 Å². The number of Topliss-reactive ketones (excluding diaryl/α,β-unsaturated/α-hetero) is 2. The maximum atomic E-state index is 14.6. The molecule has 66 heavy (non-hydrogen) atoms. The fraction of sp³-hybridized carbons (Fsp3) is 0.240. The van der Waals surface area contributed by atoms with E-state index in [1.165, 1.54) is 34.8 Å². The van der Waals surface area contributed by atoms with Crippen molar-refractivity contribution in [2.75, 3.05) is 0 Å². The summed E-state index contributed by atoms with van der Waals surface area (Å²) in [6.07, 6.45) is 10.9. The number of benzene rings is 3. The predicted molar refractivity (Wildman–Crippen MR) is 235 cm³/mol. The highest BCUT2D eigenvalue weighted by Gasteiger charge is 2.49. The number of ketones is 2. The first-order valence-corrected chi connectivity index (χ1v) is 22.7. The normalized spacial score (nSPS) is 20.7. The van der Waals surface area contributed by atoms with E-state index >= 15 is 0 Å². The van der Waals surface area contributed by atoms with Crippen LogP contribution in [0.5, 0.6) is 11.5 Å². The Morgan fingerprint density at radius 1 is 0.591 bits per heavy atom. The lowest BCUT2D eigenvalue weighted by Crippen LogP contribution is -2.39. The zero-order valence-electron chi connectivity index (χ0n) is 34.3. The number of carbonyl (C=O) groups excluding carboxylic acids is 2. The van der Waals surface area contributed by atoms with Crippen molar-refractivity contribution >= 4 is 57.5 Å². The molecule has 0 atom stereocenters. The minimum Gasteiger partial charge on any atom is -0.480 e. The highest BCUT2D eigenvalue weighted by Crippen LogP contribution is 2.60. The zero-order chi connectivity index (χ0) is 45.8. The Bertz CT molecular complexity index is 3170. The predicted octanol–water partition coefficient (Wildman–Crippen LogP) is 12.5. The molecule has 3 aromatic carbocycles. The van der Waals surface area contributed by atoms with Crippen molar-refractivity contribution in [3.63, 3.8) is 0 Å². The molecular formula is C50H28F4N6O4S2. The number of fused-ring (bicyclic) bond motifs is 10. The van der Waals surface area contributed by atoms with Crippen molar-refractivity contribution in [1.82, 2.24) is 9.97 Å². The molecule has 10 nitrogen and oxygen atoms in total. The minimum atomic E-state index is -1.23. The van der Waals surface area contributed by atoms with Gasteiger partial charge in [-0.05, 0) is 111 Å². The molecule has 0 unspecified atom stereocenters. The van der Waals surface area contributed by atoms with Crippen LogP contribution in [0.2, 0.25) is 0 Å². The largest absolute Gasteiger partial charge is 0.480 e. The summed E-state index contributed by atoms with van der Waals surface area (Å²) in [5.74, 6) is -5.14. The van der Waals surface area contributed by atoms with Gasteiger partial charge in [0.2, 0.25) is 0 Å². The number of carbonyl (C=O) groups is 2. The summed E-state index contributed by atoms with van der Waals surface area (Å²) < 4.78 is 72.2. The minimum absolute atomic E-state index is 0.0448. The number of hydrogen-bond donors (Lipinski definition) is 0. The number of ether oxygens (including phenoxy) is 2. The van der Waals surface area contributed by atoms with Gasteiger partial charge in [-0.15, -0.1) is 22.7 Å². The smallest absolute Gasteiger partial charge is 0.270 e. The maximum absolute atomic E-state index is 14.6. The van der Waals surface area contributed by atoms with E-state index in [-0.39, 0.29) is 44.5 Å². The molecular weight excluding hydrogens is 889 g/mol. The molecule has 0 saturated heterocycles. The SMILES string of the molecule is [C-]#[N+]/C(C#N)=C1\C(=C\c2nc3c(s2)-c2cc4c(cc2OC32CCCCC2)-c2sc(/C=C3\C(=O)c5cc(F)c(F)cc5\C3=C(\C#N)[N+]#[C-])nc2C2(CCCCC2)O4)C(=O)c2cc(F)c(F)cc21. The topological polar surface area (TPSA) is 135 Å². The third kappa shape index (κ3) is 5.99. The molecule has 4 aliphatic carbocycles. The van der Waals surface area contributed by atoms with E-state index < -0.39 is 57.4 Å². The number of hydrogen-bond acceptors (Lipinski definition) is 10. The highest BCUT2D eigenvalue weighted by molar-refractivity contribution is 7.16. The Kier molecular flexibility index (Phi) is 9.39. The molecule has 2 fully saturated rings. The molecule has 11 rings (SSSR count). The molecule has 16 heteroatoms. The second kappa shape index (κ2) is 15.0. The fourth-order valence-corrected chi connectivity index (χ4v) is 12.5. The standard InChI is InChI=1S/C50H28F4N6O4S2/c1-57-35(21-55)41-23-13-31(51)33(53)15-25(23)43(61)29(41)19-39-59-47-45(65-39)27-17-38-28(18-37(27)63-49(47)9-5-3-6-10-49)46-48(50(64-38)11-7-4-8-12-50)60-40(66-46)20-30-42(36(22-56)58-2)24-14-32(52)34(54)16-26(24)44(30)62/h13-20H,3-12H2/b29-19-,30-20-,41-35-,42-36+. The van der Waals surface area contributed by atoms with Gasteiger partial charge in [-0.3, -0.25) is 9.59 Å². The molecule has 322 valence electrons. The van der Waals surface area contributed by atoms with Gasteiger partial charge in [0, 0.05) is 44.5 Å². The Labute approximate surface area is 381 Å². The van der Waals surface area contributed by atoms with E-state index in [4.69, 9.17) is 32.6 Å². The quantitative estimate of drug-likeness (QED) is 0.0739. The summed E-state index contributed by atoms with van der Waals surface area (Å²) in [6, 6.07) is 10.7. The Morgan fingerprint density at radius 2 is 0.955 bits per heavy atom. The van der Waals surface area contributed by atoms with Crippen LogP contribution < -0.4 is 9.47 Å². The third-order valence-corrected chi connectivity index (χ3v) is 15.3. The van der Waals surface area contributed by atoms with Crippen LogP contribution in [0, 0.1) is 59.1 Å². The lowest BCUT2D eigenvalue weighted by molar-refractivity contribution is 0.0163. The van der Waals surface area contributed by atoms with Gasteiger partial charge in [0.25, 0.3) is 11.4 Å². The third-order valence-electron chi connectivity index (χ3n) is 13.3. The summed E-state index contributed by atoms with van der Waals surface area (Å²) in [4.78, 5) is 46.1. The van der Waals surface area contributed by atoms with Gasteiger partial charge in [0.1, 0.15) is 32.9 Å². The molecule has 4 heterocycles. The number of aromatic nitrogens is 2. The number of halogens is 4. The van der Waals surface area contributed by atoms with Crippen LogP contribution in [-0.4, -0.2) is 21.5 Å². The van der Waals surface area contributed by atoms with Gasteiger partial charge in [-0.1, -0.05) is 12.8 Å². The average molecular weight is 917 g/mol. The van der Waals surface area contributed by atoms with Gasteiger partial charge >= 0.3 is 0 Å². The van der Waals surface area contributed by atoms with Crippen LogP contribution in [0.4, 0.5) is 17.6 Å². The molecule has 6 aliphatic rings. The summed E-state index contributed by atoms with van der Waals surface area (Å²) in [5, 5.41) is 20.5. The first kappa shape index (κ1) is 41.2. The Hall–Kier alpha value is -7.50. The lowest BCUT2D eigenvalue weighted by atomic mass is 9.78. The summed E-state index contributed by atoms with van der Waals surface area (Å²) in [5.41, 5.74) is -0.625.